The van der Waals surface area contributed by atoms with Crippen molar-refractivity contribution < 1.29 is 22.8 Å². The Labute approximate surface area is 219 Å². The van der Waals surface area contributed by atoms with Crippen LogP contribution in [0.5, 0.6) is 0 Å². The van der Waals surface area contributed by atoms with E-state index in [1.54, 1.807) is 29.3 Å². The fourth-order valence-corrected chi connectivity index (χ4v) is 7.47. The fraction of sp³-hybridized carbons (Fsp3) is 0.333. The van der Waals surface area contributed by atoms with Crippen LogP contribution >= 0.6 is 0 Å². The molecule has 2 aromatic carbocycles. The number of hydrogen-bond donors (Lipinski definition) is 2. The van der Waals surface area contributed by atoms with Crippen LogP contribution in [0.1, 0.15) is 30.9 Å². The Morgan fingerprint density at radius 1 is 1.16 bits per heavy atom. The summed E-state index contributed by atoms with van der Waals surface area (Å²) in [5.74, 6) is -1.30. The maximum Gasteiger partial charge on any atom is 0.325 e. The molecule has 11 heteroatoms. The van der Waals surface area contributed by atoms with Crippen molar-refractivity contribution in [2.24, 2.45) is 5.92 Å². The lowest BCUT2D eigenvalue weighted by Gasteiger charge is -2.31. The summed E-state index contributed by atoms with van der Waals surface area (Å²) >= 11 is 0. The highest BCUT2D eigenvalue weighted by Gasteiger charge is 2.60. The number of benzene rings is 2. The van der Waals surface area contributed by atoms with E-state index in [4.69, 9.17) is 0 Å². The number of nitrogens with zero attached hydrogens (tertiary/aromatic N) is 3. The summed E-state index contributed by atoms with van der Waals surface area (Å²) < 4.78 is 26.4. The van der Waals surface area contributed by atoms with E-state index in [1.165, 1.54) is 6.07 Å². The molecule has 1 spiro atoms. The molecule has 2 aliphatic heterocycles. The Hall–Kier alpha value is -3.99. The first kappa shape index (κ1) is 24.4. The quantitative estimate of drug-likeness (QED) is 0.449. The molecule has 1 aliphatic carbocycles. The average molecular weight is 534 g/mol. The lowest BCUT2D eigenvalue weighted by molar-refractivity contribution is -0.140. The first-order valence-electron chi connectivity index (χ1n) is 12.5. The summed E-state index contributed by atoms with van der Waals surface area (Å²) in [4.78, 5) is 42.9. The first-order chi connectivity index (χ1) is 18.2. The summed E-state index contributed by atoms with van der Waals surface area (Å²) in [7, 11) is -3.88. The second-order valence-corrected chi connectivity index (χ2v) is 12.2. The molecule has 38 heavy (non-hydrogen) atoms. The number of hydrogen-bond acceptors (Lipinski definition) is 6. The van der Waals surface area contributed by atoms with Gasteiger partial charge in [-0.05, 0) is 43.4 Å². The van der Waals surface area contributed by atoms with Crippen LogP contribution in [-0.4, -0.2) is 64.6 Å². The summed E-state index contributed by atoms with van der Waals surface area (Å²) in [6.07, 6.45) is 3.61. The Bertz CT molecular complexity index is 1530. The third-order valence-corrected chi connectivity index (χ3v) is 9.60. The number of carbonyl (C=O) groups is 3. The molecule has 1 aromatic heterocycles. The zero-order valence-corrected chi connectivity index (χ0v) is 21.6. The van der Waals surface area contributed by atoms with Crippen LogP contribution in [0, 0.1) is 5.92 Å². The van der Waals surface area contributed by atoms with Crippen molar-refractivity contribution in [1.82, 2.24) is 25.3 Å². The van der Waals surface area contributed by atoms with Crippen molar-refractivity contribution in [2.45, 2.75) is 42.8 Å². The summed E-state index contributed by atoms with van der Waals surface area (Å²) in [6, 6.07) is 15.2. The molecular weight excluding hydrogens is 506 g/mol. The van der Waals surface area contributed by atoms with Gasteiger partial charge in [-0.2, -0.15) is 5.10 Å². The van der Waals surface area contributed by atoms with E-state index in [0.717, 1.165) is 23.3 Å². The van der Waals surface area contributed by atoms with Gasteiger partial charge in [-0.25, -0.2) is 13.2 Å². The molecular formula is C27H27N5O5S. The zero-order chi connectivity index (χ0) is 26.7. The number of fused-ring (bicyclic) bond motifs is 2. The highest BCUT2D eigenvalue weighted by molar-refractivity contribution is 7.92. The highest BCUT2D eigenvalue weighted by atomic mass is 32.2. The molecule has 196 valence electrons. The Morgan fingerprint density at radius 2 is 1.92 bits per heavy atom. The number of sulfone groups is 1. The largest absolute Gasteiger partial charge is 0.334 e. The monoisotopic (exact) mass is 533 g/mol. The van der Waals surface area contributed by atoms with Crippen LogP contribution in [0.3, 0.4) is 0 Å². The summed E-state index contributed by atoms with van der Waals surface area (Å²) in [5.41, 5.74) is 0.620. The molecule has 10 nitrogen and oxygen atoms in total. The van der Waals surface area contributed by atoms with E-state index in [0.29, 0.717) is 23.7 Å². The molecule has 2 N–H and O–H groups in total. The van der Waals surface area contributed by atoms with Crippen LogP contribution in [-0.2, 0) is 31.5 Å². The van der Waals surface area contributed by atoms with Gasteiger partial charge in [0.1, 0.15) is 6.54 Å². The fourth-order valence-electron chi connectivity index (χ4n) is 5.51. The lowest BCUT2D eigenvalue weighted by Crippen LogP contribution is -2.48. The molecule has 0 radical (unpaired) electrons. The molecule has 3 aromatic rings. The van der Waals surface area contributed by atoms with Gasteiger partial charge in [-0.15, -0.1) is 0 Å². The molecule has 1 saturated carbocycles. The van der Waals surface area contributed by atoms with E-state index < -0.39 is 39.6 Å². The second-order valence-electron chi connectivity index (χ2n) is 10.3. The number of aromatic nitrogens is 2. The van der Waals surface area contributed by atoms with Crippen molar-refractivity contribution in [3.8, 4) is 11.3 Å². The third-order valence-electron chi connectivity index (χ3n) is 7.78. The van der Waals surface area contributed by atoms with Gasteiger partial charge in [0.05, 0.1) is 16.3 Å². The van der Waals surface area contributed by atoms with Crippen molar-refractivity contribution in [2.75, 3.05) is 12.3 Å². The van der Waals surface area contributed by atoms with E-state index >= 15 is 0 Å². The average Bonchev–Trinajstić information content (AvgIpc) is 3.49. The van der Waals surface area contributed by atoms with Crippen molar-refractivity contribution >= 4 is 27.7 Å². The summed E-state index contributed by atoms with van der Waals surface area (Å²) in [5, 5.41) is 9.31. The van der Waals surface area contributed by atoms with Crippen molar-refractivity contribution in [3.05, 3.63) is 71.9 Å². The molecule has 4 amide bonds. The Balaban J connectivity index is 1.29. The Morgan fingerprint density at radius 3 is 2.61 bits per heavy atom. The van der Waals surface area contributed by atoms with Crippen LogP contribution < -0.4 is 5.32 Å². The minimum atomic E-state index is -3.88. The maximum atomic E-state index is 13.7. The number of amides is 4. The van der Waals surface area contributed by atoms with E-state index in [2.05, 4.69) is 15.5 Å². The SMILES string of the molecule is C[C@@H](C1CC1)N(Cc1ccccc1)C(=O)CN1C(=O)NC2(CS(=O)(=O)c3cc(-c4ccn[nH]4)ccc32)C1=O. The predicted octanol–water partition coefficient (Wildman–Crippen LogP) is 2.44. The van der Waals surface area contributed by atoms with Gasteiger partial charge in [-0.3, -0.25) is 19.6 Å². The van der Waals surface area contributed by atoms with Crippen LogP contribution in [0.4, 0.5) is 4.79 Å². The van der Waals surface area contributed by atoms with Crippen LogP contribution in [0.25, 0.3) is 11.3 Å². The van der Waals surface area contributed by atoms with Crippen molar-refractivity contribution in [1.29, 1.82) is 0 Å². The normalized spacial score (nSPS) is 22.4. The van der Waals surface area contributed by atoms with Crippen LogP contribution in [0.15, 0.2) is 65.7 Å². The van der Waals surface area contributed by atoms with Crippen LogP contribution in [0.2, 0.25) is 0 Å². The molecule has 6 rings (SSSR count). The van der Waals surface area contributed by atoms with Gasteiger partial charge in [0, 0.05) is 29.9 Å². The van der Waals surface area contributed by atoms with E-state index in [1.807, 2.05) is 37.3 Å². The van der Waals surface area contributed by atoms with Gasteiger partial charge in [0.15, 0.2) is 15.4 Å². The molecule has 2 fully saturated rings. The Kier molecular flexibility index (Phi) is 5.64. The van der Waals surface area contributed by atoms with Gasteiger partial charge < -0.3 is 10.2 Å². The summed E-state index contributed by atoms with van der Waals surface area (Å²) in [6.45, 7) is 1.89. The topological polar surface area (TPSA) is 133 Å². The number of imide groups is 1. The molecule has 2 atom stereocenters. The number of carbonyl (C=O) groups excluding carboxylic acids is 3. The molecule has 0 bridgehead atoms. The molecule has 3 aliphatic rings. The predicted molar refractivity (Wildman–Crippen MR) is 137 cm³/mol. The number of H-pyrrole nitrogens is 1. The number of nitrogens with one attached hydrogen (secondary N) is 2. The van der Waals surface area contributed by atoms with Gasteiger partial charge in [0.2, 0.25) is 5.91 Å². The minimum absolute atomic E-state index is 0.0144. The van der Waals surface area contributed by atoms with Crippen molar-refractivity contribution in [3.63, 3.8) is 0 Å². The maximum absolute atomic E-state index is 13.7. The van der Waals surface area contributed by atoms with Gasteiger partial charge in [-0.1, -0.05) is 42.5 Å². The number of aromatic amines is 1. The van der Waals surface area contributed by atoms with E-state index in [-0.39, 0.29) is 22.4 Å². The zero-order valence-electron chi connectivity index (χ0n) is 20.8. The second kappa shape index (κ2) is 8.80. The third kappa shape index (κ3) is 3.97. The smallest absolute Gasteiger partial charge is 0.325 e. The molecule has 3 heterocycles. The number of urea groups is 1. The number of rotatable bonds is 7. The lowest BCUT2D eigenvalue weighted by atomic mass is 9.91. The standard InChI is InChI=1S/C27H27N5O5S/c1-17(19-7-8-19)31(14-18-5-3-2-4-6-18)24(33)15-32-25(34)27(29-26(32)35)16-38(36,37)23-13-20(9-10-21(23)27)22-11-12-28-30-22/h2-6,9-13,17,19H,7-8,14-16H2,1H3,(H,28,30)(H,29,35)/t17-,27?/m0/s1. The van der Waals surface area contributed by atoms with Gasteiger partial charge in [0.25, 0.3) is 5.91 Å². The highest BCUT2D eigenvalue weighted by Crippen LogP contribution is 2.43. The van der Waals surface area contributed by atoms with E-state index in [9.17, 15) is 22.8 Å². The first-order valence-corrected chi connectivity index (χ1v) is 14.2. The molecule has 1 unspecified atom stereocenters. The molecule has 1 saturated heterocycles. The minimum Gasteiger partial charge on any atom is -0.334 e. The van der Waals surface area contributed by atoms with Gasteiger partial charge >= 0.3 is 6.03 Å².